The Bertz CT molecular complexity index is 3080. The van der Waals surface area contributed by atoms with Crippen LogP contribution in [0.25, 0.3) is 0 Å². The minimum atomic E-state index is -1.58. The number of nitrogens with two attached hydrogens (primary N) is 19. The van der Waals surface area contributed by atoms with E-state index in [-0.39, 0.29) is 228 Å². The van der Waals surface area contributed by atoms with Crippen LogP contribution in [0.2, 0.25) is 0 Å². The lowest BCUT2D eigenvalue weighted by Crippen LogP contribution is -2.60. The summed E-state index contributed by atoms with van der Waals surface area (Å²) < 4.78 is 0. The molecule has 0 spiro atoms. The number of carbonyl (C=O) groups excluding carboxylic acids is 10. The molecule has 0 aromatic heterocycles. The van der Waals surface area contributed by atoms with E-state index in [0.29, 0.717) is 0 Å². The van der Waals surface area contributed by atoms with Crippen LogP contribution in [0.5, 0.6) is 0 Å². The maximum atomic E-state index is 14.9. The normalized spacial score (nSPS) is 12.9. The third-order valence-corrected chi connectivity index (χ3v) is 14.3. The predicted molar refractivity (Wildman–Crippen MR) is 405 cm³/mol. The first-order chi connectivity index (χ1) is 50.2. The van der Waals surface area contributed by atoms with E-state index < -0.39 is 119 Å². The van der Waals surface area contributed by atoms with Gasteiger partial charge in [0.05, 0.1) is 0 Å². The fourth-order valence-electron chi connectivity index (χ4n) is 9.39. The average molecular weight is 1520 g/mol. The van der Waals surface area contributed by atoms with Crippen molar-refractivity contribution in [3.8, 4) is 0 Å². The number of carboxylic acid groups (broad SMARTS) is 1. The van der Waals surface area contributed by atoms with E-state index in [4.69, 9.17) is 119 Å². The van der Waals surface area contributed by atoms with Crippen molar-refractivity contribution in [3.05, 3.63) is 0 Å². The Balaban J connectivity index is 0. The summed E-state index contributed by atoms with van der Waals surface area (Å²) >= 11 is 0. The molecule has 0 aliphatic rings. The number of aliphatic imine (C=N–C) groups is 9. The van der Waals surface area contributed by atoms with Gasteiger partial charge in [-0.05, 0) is 116 Å². The van der Waals surface area contributed by atoms with Crippen LogP contribution in [-0.2, 0) is 52.7 Å². The number of nitrogens with zero attached hydrogens (tertiary/aromatic N) is 9. The SMILES string of the molecule is CC(=O)N[C@H](CCCN=C(N)N)C(=O)N[C@H](CCCN=C(N)N)C(=O)N[C@H](CCCN=C(N)N)C(=O)N[C@H](CCCN=C(N)N)C(=O)N[C@H](CCCN=C(N)N)C(=O)N[C@H](CCCN=C(N)N)C(=O)N[C@H](CCCN=C(N)N)C(=O)N[C@H](CCCN=C(N)N)C(=O)N[C@H](CCCN=C(N)N)C(N)=O.CC(=O)O. The maximum absolute atomic E-state index is 14.9. The van der Waals surface area contributed by atoms with Crippen molar-refractivity contribution in [3.63, 3.8) is 0 Å². The highest BCUT2D eigenvalue weighted by atomic mass is 16.4. The van der Waals surface area contributed by atoms with Crippen LogP contribution in [0.3, 0.4) is 0 Å². The number of amides is 10. The standard InChI is InChI=1S/C56H113N37O10.C2H4O2/c1-29(94)85-31(12-3-21-77-49(60)61)40(96)87-33(14-5-23-79-51(64)65)42(98)89-35(16-7-25-81-53(68)69)44(100)91-37(18-9-27-83-55(72)73)46(102)93-38(19-10-28-84-56(74)75)47(103)92-36(17-8-26-82-54(70)71)45(101)90-34(15-6-24-80-52(66)67)43(99)88-32(13-4-22-78-50(62)63)41(97)86-30(39(57)95)11-2-20-76-48(58)59;1-2(3)4/h30-38H,2-28H2,1H3,(H2,57,95)(H,85,94)(H,86,97)(H,87,96)(H,88,99)(H,89,98)(H,90,101)(H,91,100)(H,92,103)(H,93,102)(H4,58,59,76)(H4,60,61,77)(H4,62,63,78)(H4,64,65,79)(H4,66,67,80)(H4,68,69,81)(H4,70,71,82)(H4,72,73,83)(H4,74,75,84);1H3,(H,3,4)/t30-,31-,32-,33-,34-,35-,36-,37-,38-;/m1./s1. The Morgan fingerprint density at radius 3 is 0.449 bits per heavy atom. The zero-order valence-corrected chi connectivity index (χ0v) is 60.7. The monoisotopic (exact) mass is 1520 g/mol. The molecule has 9 atom stereocenters. The van der Waals surface area contributed by atoms with Crippen LogP contribution >= 0.6 is 0 Å². The summed E-state index contributed by atoms with van der Waals surface area (Å²) in [5, 5.41) is 31.0. The van der Waals surface area contributed by atoms with Gasteiger partial charge < -0.3 is 162 Å². The lowest BCUT2D eigenvalue weighted by atomic mass is 10.0. The molecule has 49 heteroatoms. The minimum Gasteiger partial charge on any atom is -0.481 e. The van der Waals surface area contributed by atoms with E-state index in [9.17, 15) is 47.9 Å². The van der Waals surface area contributed by atoms with Gasteiger partial charge in [0.25, 0.3) is 5.97 Å². The molecule has 0 heterocycles. The fraction of sp³-hybridized carbons (Fsp3) is 0.655. The van der Waals surface area contributed by atoms with Gasteiger partial charge in [-0.1, -0.05) is 0 Å². The molecule has 0 bridgehead atoms. The van der Waals surface area contributed by atoms with Gasteiger partial charge in [-0.3, -0.25) is 97.7 Å². The van der Waals surface area contributed by atoms with Crippen molar-refractivity contribution in [1.29, 1.82) is 0 Å². The summed E-state index contributed by atoms with van der Waals surface area (Å²) in [6.07, 6.45) is -0.531. The number of carbonyl (C=O) groups is 11. The van der Waals surface area contributed by atoms with E-state index in [2.05, 4.69) is 92.8 Å². The number of aliphatic carboxylic acids is 1. The third kappa shape index (κ3) is 52.2. The van der Waals surface area contributed by atoms with Crippen molar-refractivity contribution >= 4 is 119 Å². The molecule has 0 aromatic carbocycles. The Morgan fingerprint density at radius 1 is 0.224 bits per heavy atom. The van der Waals surface area contributed by atoms with Gasteiger partial charge in [-0.15, -0.1) is 0 Å². The van der Waals surface area contributed by atoms with Gasteiger partial charge >= 0.3 is 0 Å². The van der Waals surface area contributed by atoms with Crippen molar-refractivity contribution in [2.75, 3.05) is 58.9 Å². The highest BCUT2D eigenvalue weighted by molar-refractivity contribution is 5.99. The second-order valence-electron chi connectivity index (χ2n) is 23.7. The summed E-state index contributed by atoms with van der Waals surface area (Å²) in [5.74, 6) is -12.2. The number of rotatable bonds is 54. The van der Waals surface area contributed by atoms with Crippen molar-refractivity contribution < 1.29 is 57.8 Å². The molecule has 10 amide bonds. The van der Waals surface area contributed by atoms with Gasteiger partial charge in [0.1, 0.15) is 54.4 Å². The zero-order valence-electron chi connectivity index (χ0n) is 60.7. The van der Waals surface area contributed by atoms with Crippen LogP contribution in [-0.4, -0.2) is 237 Å². The van der Waals surface area contributed by atoms with Crippen LogP contribution in [0.4, 0.5) is 0 Å². The molecule has 0 radical (unpaired) electrons. The highest BCUT2D eigenvalue weighted by Gasteiger charge is 2.35. The van der Waals surface area contributed by atoms with Gasteiger partial charge in [0.15, 0.2) is 53.6 Å². The first kappa shape index (κ1) is 96.7. The van der Waals surface area contributed by atoms with Gasteiger partial charge in [0, 0.05) is 72.8 Å². The number of carboxylic acids is 1. The van der Waals surface area contributed by atoms with Gasteiger partial charge in [0.2, 0.25) is 59.1 Å². The first-order valence-electron chi connectivity index (χ1n) is 33.9. The first-order valence-corrected chi connectivity index (χ1v) is 33.9. The van der Waals surface area contributed by atoms with E-state index in [0.717, 1.165) is 6.92 Å². The topological polar surface area (TPSA) is 922 Å². The van der Waals surface area contributed by atoms with Crippen LogP contribution in [0.1, 0.15) is 129 Å². The molecule has 0 fully saturated rings. The second-order valence-corrected chi connectivity index (χ2v) is 23.7. The Morgan fingerprint density at radius 2 is 0.336 bits per heavy atom. The summed E-state index contributed by atoms with van der Waals surface area (Å²) in [7, 11) is 0. The number of guanidine groups is 9. The smallest absolute Gasteiger partial charge is 0.300 e. The van der Waals surface area contributed by atoms with E-state index in [1.165, 1.54) is 6.92 Å². The highest BCUT2D eigenvalue weighted by Crippen LogP contribution is 2.12. The second kappa shape index (κ2) is 56.1. The van der Waals surface area contributed by atoms with Crippen molar-refractivity contribution in [1.82, 2.24) is 47.9 Å². The fourth-order valence-corrected chi connectivity index (χ4v) is 9.39. The van der Waals surface area contributed by atoms with Crippen LogP contribution in [0, 0.1) is 0 Å². The maximum Gasteiger partial charge on any atom is 0.300 e. The van der Waals surface area contributed by atoms with Crippen molar-refractivity contribution in [2.24, 2.45) is 154 Å². The minimum absolute atomic E-state index is 0.000737. The molecular weight excluding hydrogens is 1410 g/mol. The van der Waals surface area contributed by atoms with Gasteiger partial charge in [-0.25, -0.2) is 0 Å². The Hall–Kier alpha value is -12.4. The molecule has 0 saturated heterocycles. The average Bonchev–Trinajstić information content (AvgIpc) is 0.852. The summed E-state index contributed by atoms with van der Waals surface area (Å²) in [4.78, 5) is 185. The molecule has 0 rings (SSSR count). The number of nitrogens with one attached hydrogen (secondary N) is 9. The molecule has 606 valence electrons. The molecule has 0 aromatic rings. The molecule has 0 aliphatic heterocycles. The molecule has 0 saturated carbocycles. The molecular formula is C58H117N37O12. The summed E-state index contributed by atoms with van der Waals surface area (Å²) in [6, 6.07) is -13.0. The van der Waals surface area contributed by atoms with E-state index in [1.807, 2.05) is 0 Å². The molecule has 49 nitrogen and oxygen atoms in total. The zero-order chi connectivity index (χ0) is 81.6. The third-order valence-electron chi connectivity index (χ3n) is 14.3. The molecule has 107 heavy (non-hydrogen) atoms. The quantitative estimate of drug-likeness (QED) is 0.0153. The van der Waals surface area contributed by atoms with Gasteiger partial charge in [-0.2, -0.15) is 0 Å². The largest absolute Gasteiger partial charge is 0.481 e. The van der Waals surface area contributed by atoms with Crippen LogP contribution in [0.15, 0.2) is 44.9 Å². The molecule has 0 unspecified atom stereocenters. The summed E-state index contributed by atoms with van der Waals surface area (Å²) in [6.45, 7) is 2.11. The predicted octanol–water partition coefficient (Wildman–Crippen LogP) is -13.6. The lowest BCUT2D eigenvalue weighted by molar-refractivity contribution is -0.136. The van der Waals surface area contributed by atoms with Crippen LogP contribution < -0.4 is 157 Å². The number of hydrogen-bond acceptors (Lipinski definition) is 20. The Labute approximate surface area is 619 Å². The summed E-state index contributed by atoms with van der Waals surface area (Å²) in [5.41, 5.74) is 105. The Kier molecular flexibility index (Phi) is 50.7. The lowest BCUT2D eigenvalue weighted by Gasteiger charge is -2.28. The number of primary amides is 1. The molecule has 0 aliphatic carbocycles. The van der Waals surface area contributed by atoms with E-state index in [1.54, 1.807) is 0 Å². The van der Waals surface area contributed by atoms with Crippen molar-refractivity contribution in [2.45, 2.75) is 184 Å². The number of hydrogen-bond donors (Lipinski definition) is 29. The van der Waals surface area contributed by atoms with E-state index >= 15 is 0 Å². The molecule has 48 N–H and O–H groups in total.